The van der Waals surface area contributed by atoms with E-state index in [1.165, 1.54) is 31.2 Å². The zero-order valence-corrected chi connectivity index (χ0v) is 13.0. The first kappa shape index (κ1) is 14.3. The van der Waals surface area contributed by atoms with Crippen LogP contribution in [-0.2, 0) is 0 Å². The number of nitrogens with zero attached hydrogens (tertiary/aromatic N) is 2. The third-order valence-electron chi connectivity index (χ3n) is 4.82. The van der Waals surface area contributed by atoms with Crippen LogP contribution in [0.2, 0.25) is 0 Å². The molecule has 1 fully saturated rings. The van der Waals surface area contributed by atoms with Crippen LogP contribution >= 0.6 is 0 Å². The maximum absolute atomic E-state index is 4.09. The Bertz CT molecular complexity index is 538. The van der Waals surface area contributed by atoms with E-state index in [1.807, 2.05) is 17.1 Å². The molecule has 0 aliphatic heterocycles. The summed E-state index contributed by atoms with van der Waals surface area (Å²) in [6.07, 6.45) is 11.2. The van der Waals surface area contributed by atoms with Gasteiger partial charge in [0, 0.05) is 30.2 Å². The van der Waals surface area contributed by atoms with Crippen molar-refractivity contribution in [3.05, 3.63) is 48.5 Å². The lowest BCUT2D eigenvalue weighted by Crippen LogP contribution is -2.34. The van der Waals surface area contributed by atoms with Crippen molar-refractivity contribution in [1.29, 1.82) is 0 Å². The minimum atomic E-state index is 0.400. The first-order valence-corrected chi connectivity index (χ1v) is 8.08. The van der Waals surface area contributed by atoms with Gasteiger partial charge in [0.25, 0.3) is 0 Å². The van der Waals surface area contributed by atoms with Gasteiger partial charge in [0.1, 0.15) is 0 Å². The second-order valence-corrected chi connectivity index (χ2v) is 6.28. The van der Waals surface area contributed by atoms with Gasteiger partial charge < -0.3 is 9.88 Å². The molecule has 0 spiro atoms. The molecular weight excluding hydrogens is 258 g/mol. The molecule has 3 heteroatoms. The van der Waals surface area contributed by atoms with Crippen molar-refractivity contribution in [1.82, 2.24) is 14.9 Å². The predicted molar refractivity (Wildman–Crippen MR) is 86.5 cm³/mol. The first-order chi connectivity index (χ1) is 10.2. The highest BCUT2D eigenvalue weighted by atomic mass is 15.0. The third-order valence-corrected chi connectivity index (χ3v) is 4.82. The molecule has 21 heavy (non-hydrogen) atoms. The van der Waals surface area contributed by atoms with E-state index in [0.717, 1.165) is 11.6 Å². The number of rotatable bonds is 5. The largest absolute Gasteiger partial charge is 0.307 e. The van der Waals surface area contributed by atoms with Gasteiger partial charge >= 0.3 is 0 Å². The molecule has 0 bridgehead atoms. The maximum Gasteiger partial charge on any atom is 0.0991 e. The molecule has 1 aliphatic carbocycles. The molecule has 1 aromatic heterocycles. The summed E-state index contributed by atoms with van der Waals surface area (Å²) in [6, 6.07) is 9.77. The van der Waals surface area contributed by atoms with Crippen LogP contribution in [0.5, 0.6) is 0 Å². The van der Waals surface area contributed by atoms with Gasteiger partial charge in [-0.3, -0.25) is 0 Å². The van der Waals surface area contributed by atoms with E-state index >= 15 is 0 Å². The minimum Gasteiger partial charge on any atom is -0.307 e. The minimum absolute atomic E-state index is 0.400. The van der Waals surface area contributed by atoms with Gasteiger partial charge in [0.05, 0.1) is 6.33 Å². The highest BCUT2D eigenvalue weighted by Crippen LogP contribution is 2.28. The van der Waals surface area contributed by atoms with Gasteiger partial charge in [-0.1, -0.05) is 25.0 Å². The Morgan fingerprint density at radius 1 is 1.14 bits per heavy atom. The second kappa shape index (κ2) is 6.44. The summed E-state index contributed by atoms with van der Waals surface area (Å²) in [5.74, 6) is 0.859. The number of hydrogen-bond acceptors (Lipinski definition) is 2. The van der Waals surface area contributed by atoms with Gasteiger partial charge in [0.15, 0.2) is 0 Å². The van der Waals surface area contributed by atoms with E-state index in [2.05, 4.69) is 48.4 Å². The van der Waals surface area contributed by atoms with Gasteiger partial charge in [-0.2, -0.15) is 0 Å². The van der Waals surface area contributed by atoms with Gasteiger partial charge in [0.2, 0.25) is 0 Å². The highest BCUT2D eigenvalue weighted by molar-refractivity contribution is 5.35. The zero-order valence-electron chi connectivity index (χ0n) is 13.0. The number of aromatic nitrogens is 2. The summed E-state index contributed by atoms with van der Waals surface area (Å²) in [4.78, 5) is 4.09. The van der Waals surface area contributed by atoms with Crippen LogP contribution in [0.3, 0.4) is 0 Å². The van der Waals surface area contributed by atoms with Crippen LogP contribution in [0.25, 0.3) is 5.69 Å². The molecule has 1 heterocycles. The maximum atomic E-state index is 4.09. The van der Waals surface area contributed by atoms with Crippen LogP contribution in [0.4, 0.5) is 0 Å². The van der Waals surface area contributed by atoms with Crippen molar-refractivity contribution in [2.75, 3.05) is 0 Å². The Morgan fingerprint density at radius 3 is 2.48 bits per heavy atom. The first-order valence-electron chi connectivity index (χ1n) is 8.08. The molecule has 0 saturated heterocycles. The van der Waals surface area contributed by atoms with Gasteiger partial charge in [-0.05, 0) is 50.3 Å². The molecule has 0 amide bonds. The molecule has 1 aliphatic rings. The highest BCUT2D eigenvalue weighted by Gasteiger charge is 2.22. The van der Waals surface area contributed by atoms with E-state index in [-0.39, 0.29) is 0 Å². The Morgan fingerprint density at radius 2 is 1.86 bits per heavy atom. The smallest absolute Gasteiger partial charge is 0.0991 e. The third kappa shape index (κ3) is 3.35. The topological polar surface area (TPSA) is 29.9 Å². The number of benzene rings is 1. The van der Waals surface area contributed by atoms with Crippen LogP contribution in [0.15, 0.2) is 43.0 Å². The van der Waals surface area contributed by atoms with E-state index < -0.39 is 0 Å². The lowest BCUT2D eigenvalue weighted by Gasteiger charge is -2.25. The van der Waals surface area contributed by atoms with E-state index in [1.54, 1.807) is 6.20 Å². The Labute approximate surface area is 127 Å². The molecule has 1 saturated carbocycles. The second-order valence-electron chi connectivity index (χ2n) is 6.28. The average Bonchev–Trinajstić information content (AvgIpc) is 3.20. The molecule has 2 atom stereocenters. The number of imidazole rings is 1. The molecule has 2 aromatic rings. The Balaban J connectivity index is 1.63. The monoisotopic (exact) mass is 283 g/mol. The Kier molecular flexibility index (Phi) is 4.39. The van der Waals surface area contributed by atoms with Gasteiger partial charge in [-0.15, -0.1) is 0 Å². The van der Waals surface area contributed by atoms with E-state index in [4.69, 9.17) is 0 Å². The molecule has 0 radical (unpaired) electrons. The summed E-state index contributed by atoms with van der Waals surface area (Å²) < 4.78 is 2.03. The van der Waals surface area contributed by atoms with Crippen molar-refractivity contribution in [3.8, 4) is 5.69 Å². The summed E-state index contributed by atoms with van der Waals surface area (Å²) in [6.45, 7) is 4.60. The lowest BCUT2D eigenvalue weighted by atomic mass is 9.98. The zero-order chi connectivity index (χ0) is 14.7. The van der Waals surface area contributed by atoms with Crippen molar-refractivity contribution < 1.29 is 0 Å². The summed E-state index contributed by atoms with van der Waals surface area (Å²) in [5.41, 5.74) is 2.51. The van der Waals surface area contributed by atoms with Crippen molar-refractivity contribution >= 4 is 0 Å². The molecule has 112 valence electrons. The molecule has 1 aromatic carbocycles. The summed E-state index contributed by atoms with van der Waals surface area (Å²) in [7, 11) is 0. The van der Waals surface area contributed by atoms with Crippen LogP contribution in [0.1, 0.15) is 51.1 Å². The average molecular weight is 283 g/mol. The van der Waals surface area contributed by atoms with Crippen LogP contribution in [0, 0.1) is 5.92 Å². The molecule has 3 nitrogen and oxygen atoms in total. The van der Waals surface area contributed by atoms with Crippen molar-refractivity contribution in [3.63, 3.8) is 0 Å². The van der Waals surface area contributed by atoms with Crippen molar-refractivity contribution in [2.45, 2.75) is 51.6 Å². The molecular formula is C18H25N3. The van der Waals surface area contributed by atoms with E-state index in [9.17, 15) is 0 Å². The number of nitrogens with one attached hydrogen (secondary N) is 1. The summed E-state index contributed by atoms with van der Waals surface area (Å²) >= 11 is 0. The fourth-order valence-electron chi connectivity index (χ4n) is 3.43. The number of hydrogen-bond donors (Lipinski definition) is 1. The Hall–Kier alpha value is -1.61. The van der Waals surface area contributed by atoms with Crippen molar-refractivity contribution in [2.24, 2.45) is 5.92 Å². The molecule has 1 unspecified atom stereocenters. The predicted octanol–water partition coefficient (Wildman–Crippen LogP) is 4.10. The standard InChI is InChI=1S/C18H25N3/c1-14(16-5-3-4-6-16)20-15(2)17-7-9-18(10-8-17)21-12-11-19-13-21/h7-16,20H,3-6H2,1-2H3/t14-,15?/m1/s1. The quantitative estimate of drug-likeness (QED) is 0.895. The van der Waals surface area contributed by atoms with E-state index in [0.29, 0.717) is 12.1 Å². The normalized spacial score (nSPS) is 18.8. The lowest BCUT2D eigenvalue weighted by molar-refractivity contribution is 0.352. The SMILES string of the molecule is CC(N[C@H](C)C1CCCC1)c1ccc(-n2ccnc2)cc1. The fraction of sp³-hybridized carbons (Fsp3) is 0.500. The molecule has 1 N–H and O–H groups in total. The van der Waals surface area contributed by atoms with Crippen LogP contribution < -0.4 is 5.32 Å². The van der Waals surface area contributed by atoms with Crippen LogP contribution in [-0.4, -0.2) is 15.6 Å². The van der Waals surface area contributed by atoms with Gasteiger partial charge in [-0.25, -0.2) is 4.98 Å². The molecule has 3 rings (SSSR count). The fourth-order valence-corrected chi connectivity index (χ4v) is 3.43. The summed E-state index contributed by atoms with van der Waals surface area (Å²) in [5, 5.41) is 3.77.